The van der Waals surface area contributed by atoms with E-state index in [0.717, 1.165) is 5.56 Å². The minimum atomic E-state index is -0.496. The van der Waals surface area contributed by atoms with Gasteiger partial charge < -0.3 is 20.9 Å². The number of nitrogens with zero attached hydrogens (tertiary/aromatic N) is 4. The van der Waals surface area contributed by atoms with Crippen LogP contribution in [0, 0.1) is 12.7 Å². The SMILES string of the molecule is Cc1ccc(NC(=O)C=CCN(C)C)nc1Nc1cc(Nc2ccc(F)c(Cl)c2)ncn1. The highest BCUT2D eigenvalue weighted by Gasteiger charge is 2.08. The maximum absolute atomic E-state index is 13.4. The molecule has 0 unspecified atom stereocenters. The summed E-state index contributed by atoms with van der Waals surface area (Å²) in [5, 5.41) is 8.92. The number of aryl methyl sites for hydroxylation is 1. The van der Waals surface area contributed by atoms with E-state index in [1.807, 2.05) is 32.0 Å². The zero-order chi connectivity index (χ0) is 23.1. The number of aromatic nitrogens is 3. The van der Waals surface area contributed by atoms with E-state index in [9.17, 15) is 9.18 Å². The molecule has 3 rings (SSSR count). The van der Waals surface area contributed by atoms with Crippen LogP contribution < -0.4 is 16.0 Å². The second-order valence-corrected chi connectivity index (χ2v) is 7.59. The normalized spacial score (nSPS) is 11.1. The largest absolute Gasteiger partial charge is 0.340 e. The van der Waals surface area contributed by atoms with Gasteiger partial charge in [-0.2, -0.15) is 0 Å². The smallest absolute Gasteiger partial charge is 0.249 e. The molecule has 0 radical (unpaired) electrons. The van der Waals surface area contributed by atoms with Crippen molar-refractivity contribution >= 4 is 46.5 Å². The van der Waals surface area contributed by atoms with Gasteiger partial charge in [-0.25, -0.2) is 19.3 Å². The van der Waals surface area contributed by atoms with Crippen molar-refractivity contribution in [2.24, 2.45) is 0 Å². The average Bonchev–Trinajstić information content (AvgIpc) is 2.73. The van der Waals surface area contributed by atoms with Crippen molar-refractivity contribution in [2.45, 2.75) is 6.92 Å². The first-order chi connectivity index (χ1) is 15.3. The summed E-state index contributed by atoms with van der Waals surface area (Å²) in [4.78, 5) is 26.8. The van der Waals surface area contributed by atoms with Crippen LogP contribution in [-0.2, 0) is 4.79 Å². The van der Waals surface area contributed by atoms with E-state index >= 15 is 0 Å². The van der Waals surface area contributed by atoms with Crippen LogP contribution in [0.4, 0.5) is 33.3 Å². The van der Waals surface area contributed by atoms with Gasteiger partial charge in [0.1, 0.15) is 35.4 Å². The summed E-state index contributed by atoms with van der Waals surface area (Å²) in [6.07, 6.45) is 4.62. The molecule has 0 atom stereocenters. The first kappa shape index (κ1) is 23.1. The Labute approximate surface area is 190 Å². The number of hydrogen-bond acceptors (Lipinski definition) is 7. The van der Waals surface area contributed by atoms with Gasteiger partial charge in [0.2, 0.25) is 5.91 Å². The quantitative estimate of drug-likeness (QED) is 0.430. The Hall–Kier alpha value is -3.56. The molecule has 10 heteroatoms. The summed E-state index contributed by atoms with van der Waals surface area (Å²) in [6.45, 7) is 2.55. The first-order valence-electron chi connectivity index (χ1n) is 9.71. The molecule has 0 bridgehead atoms. The summed E-state index contributed by atoms with van der Waals surface area (Å²) in [6, 6.07) is 9.54. The van der Waals surface area contributed by atoms with E-state index in [1.165, 1.54) is 24.5 Å². The van der Waals surface area contributed by atoms with E-state index in [4.69, 9.17) is 11.6 Å². The lowest BCUT2D eigenvalue weighted by molar-refractivity contribution is -0.111. The highest BCUT2D eigenvalue weighted by molar-refractivity contribution is 6.31. The number of rotatable bonds is 8. The van der Waals surface area contributed by atoms with Gasteiger partial charge in [-0.05, 0) is 50.8 Å². The van der Waals surface area contributed by atoms with Gasteiger partial charge in [0.25, 0.3) is 0 Å². The Kier molecular flexibility index (Phi) is 7.69. The Morgan fingerprint density at radius 1 is 1.09 bits per heavy atom. The van der Waals surface area contributed by atoms with Crippen molar-refractivity contribution in [3.63, 3.8) is 0 Å². The highest BCUT2D eigenvalue weighted by Crippen LogP contribution is 2.24. The number of amides is 1. The second-order valence-electron chi connectivity index (χ2n) is 7.18. The van der Waals surface area contributed by atoms with Crippen LogP contribution in [0.25, 0.3) is 0 Å². The van der Waals surface area contributed by atoms with Crippen molar-refractivity contribution in [3.8, 4) is 0 Å². The molecule has 166 valence electrons. The number of pyridine rings is 1. The Balaban J connectivity index is 1.70. The highest BCUT2D eigenvalue weighted by atomic mass is 35.5. The van der Waals surface area contributed by atoms with Crippen molar-refractivity contribution < 1.29 is 9.18 Å². The fourth-order valence-corrected chi connectivity index (χ4v) is 2.78. The van der Waals surface area contributed by atoms with E-state index < -0.39 is 5.82 Å². The number of nitrogens with one attached hydrogen (secondary N) is 3. The number of halogens is 2. The van der Waals surface area contributed by atoms with Crippen LogP contribution in [0.1, 0.15) is 5.56 Å². The maximum Gasteiger partial charge on any atom is 0.249 e. The Morgan fingerprint density at radius 3 is 2.56 bits per heavy atom. The zero-order valence-electron chi connectivity index (χ0n) is 17.9. The number of likely N-dealkylation sites (N-methyl/N-ethyl adjacent to an activating group) is 1. The van der Waals surface area contributed by atoms with Gasteiger partial charge in [0, 0.05) is 24.4 Å². The molecule has 0 aliphatic heterocycles. The molecule has 0 aliphatic carbocycles. The number of carbonyl (C=O) groups excluding carboxylic acids is 1. The second kappa shape index (κ2) is 10.7. The molecule has 1 amide bonds. The molecule has 0 saturated carbocycles. The van der Waals surface area contributed by atoms with Crippen molar-refractivity contribution in [1.82, 2.24) is 19.9 Å². The monoisotopic (exact) mass is 455 g/mol. The summed E-state index contributed by atoms with van der Waals surface area (Å²) in [5.74, 6) is 1.16. The molecular weight excluding hydrogens is 433 g/mol. The number of carbonyl (C=O) groups is 1. The van der Waals surface area contributed by atoms with Gasteiger partial charge in [-0.15, -0.1) is 0 Å². The predicted molar refractivity (Wildman–Crippen MR) is 125 cm³/mol. The third kappa shape index (κ3) is 6.73. The molecular formula is C22H23ClFN7O. The lowest BCUT2D eigenvalue weighted by Crippen LogP contribution is -2.13. The molecule has 0 aliphatic rings. The van der Waals surface area contributed by atoms with Gasteiger partial charge >= 0.3 is 0 Å². The Morgan fingerprint density at radius 2 is 1.84 bits per heavy atom. The molecule has 3 aromatic rings. The van der Waals surface area contributed by atoms with Crippen LogP contribution in [0.2, 0.25) is 5.02 Å². The molecule has 0 spiro atoms. The van der Waals surface area contributed by atoms with Crippen molar-refractivity contribution in [1.29, 1.82) is 0 Å². The summed E-state index contributed by atoms with van der Waals surface area (Å²) in [5.41, 5.74) is 1.45. The Bertz CT molecular complexity index is 1140. The van der Waals surface area contributed by atoms with Crippen LogP contribution >= 0.6 is 11.6 Å². The van der Waals surface area contributed by atoms with Gasteiger partial charge in [-0.1, -0.05) is 23.7 Å². The van der Waals surface area contributed by atoms with E-state index in [0.29, 0.717) is 35.5 Å². The number of hydrogen-bond donors (Lipinski definition) is 3. The molecule has 0 fully saturated rings. The molecule has 1 aromatic carbocycles. The topological polar surface area (TPSA) is 95.1 Å². The third-order valence-corrected chi connectivity index (χ3v) is 4.48. The minimum Gasteiger partial charge on any atom is -0.340 e. The van der Waals surface area contributed by atoms with E-state index in [2.05, 4.69) is 30.9 Å². The van der Waals surface area contributed by atoms with Gasteiger partial charge in [0.05, 0.1) is 5.02 Å². The van der Waals surface area contributed by atoms with E-state index in [-0.39, 0.29) is 10.9 Å². The number of benzene rings is 1. The zero-order valence-corrected chi connectivity index (χ0v) is 18.6. The molecule has 3 N–H and O–H groups in total. The summed E-state index contributed by atoms with van der Waals surface area (Å²) in [7, 11) is 3.84. The predicted octanol–water partition coefficient (Wildman–Crippen LogP) is 4.52. The lowest BCUT2D eigenvalue weighted by atomic mass is 10.2. The first-order valence-corrected chi connectivity index (χ1v) is 10.1. The summed E-state index contributed by atoms with van der Waals surface area (Å²) >= 11 is 5.82. The molecule has 0 saturated heterocycles. The standard InChI is InChI=1S/C22H23ClFN7O/c1-14-6-9-18(28-21(32)5-4-10-31(2)3)29-22(14)30-20-12-19(25-13-26-20)27-15-7-8-17(24)16(23)11-15/h4-9,11-13H,10H2,1-3H3,(H3,25,26,27,28,29,30,32). The van der Waals surface area contributed by atoms with Crippen LogP contribution in [-0.4, -0.2) is 46.4 Å². The van der Waals surface area contributed by atoms with Crippen LogP contribution in [0.15, 0.2) is 54.9 Å². The van der Waals surface area contributed by atoms with E-state index in [1.54, 1.807) is 24.3 Å². The minimum absolute atomic E-state index is 0.0117. The van der Waals surface area contributed by atoms with Gasteiger partial charge in [-0.3, -0.25) is 4.79 Å². The molecule has 2 heterocycles. The van der Waals surface area contributed by atoms with Crippen molar-refractivity contribution in [2.75, 3.05) is 36.6 Å². The van der Waals surface area contributed by atoms with Gasteiger partial charge in [0.15, 0.2) is 0 Å². The van der Waals surface area contributed by atoms with Crippen molar-refractivity contribution in [3.05, 3.63) is 71.3 Å². The third-order valence-electron chi connectivity index (χ3n) is 4.19. The molecule has 2 aromatic heterocycles. The number of anilines is 5. The molecule has 8 nitrogen and oxygen atoms in total. The average molecular weight is 456 g/mol. The van der Waals surface area contributed by atoms with Crippen LogP contribution in [0.3, 0.4) is 0 Å². The lowest BCUT2D eigenvalue weighted by Gasteiger charge is -2.11. The summed E-state index contributed by atoms with van der Waals surface area (Å²) < 4.78 is 13.4. The molecule has 32 heavy (non-hydrogen) atoms. The maximum atomic E-state index is 13.4. The fraction of sp³-hybridized carbons (Fsp3) is 0.182. The fourth-order valence-electron chi connectivity index (χ4n) is 2.60. The van der Waals surface area contributed by atoms with Crippen LogP contribution in [0.5, 0.6) is 0 Å².